The quantitative estimate of drug-likeness (QED) is 0.176. The Hall–Kier alpha value is -7.41. The molecule has 0 fully saturated rings. The fourth-order valence-corrected chi connectivity index (χ4v) is 9.51. The zero-order valence-corrected chi connectivity index (χ0v) is 31.2. The van der Waals surface area contributed by atoms with Crippen LogP contribution in [0.15, 0.2) is 186 Å². The van der Waals surface area contributed by atoms with Crippen molar-refractivity contribution in [3.63, 3.8) is 0 Å². The van der Waals surface area contributed by atoms with E-state index in [0.717, 1.165) is 71.9 Å². The van der Waals surface area contributed by atoms with Crippen molar-refractivity contribution in [1.82, 2.24) is 19.5 Å². The number of rotatable bonds is 5. The monoisotopic (exact) mass is 746 g/mol. The van der Waals surface area contributed by atoms with E-state index in [1.807, 2.05) is 6.07 Å². The van der Waals surface area contributed by atoms with Crippen molar-refractivity contribution < 1.29 is 4.42 Å². The SMILES string of the molecule is c1ccc(-c2cccc(-c3nc(-c4ccc5c(c4)oc4c5ccc5c6ccccc6n(-c6ccccc6)c54)nc(-c4ccc5c(c4)sc4ccccc45)n3)c2)cc1. The highest BCUT2D eigenvalue weighted by atomic mass is 32.1. The minimum absolute atomic E-state index is 0.586. The first-order valence-corrected chi connectivity index (χ1v) is 19.8. The van der Waals surface area contributed by atoms with Gasteiger partial charge in [-0.2, -0.15) is 0 Å². The number of nitrogens with zero attached hydrogens (tertiary/aromatic N) is 4. The lowest BCUT2D eigenvalue weighted by molar-refractivity contribution is 0.671. The molecule has 0 atom stereocenters. The summed E-state index contributed by atoms with van der Waals surface area (Å²) in [5.41, 5.74) is 9.88. The van der Waals surface area contributed by atoms with Crippen LogP contribution in [-0.2, 0) is 0 Å². The lowest BCUT2D eigenvalue weighted by Gasteiger charge is -2.10. The van der Waals surface area contributed by atoms with E-state index in [1.165, 1.54) is 25.6 Å². The summed E-state index contributed by atoms with van der Waals surface area (Å²) in [5, 5.41) is 6.95. The molecule has 6 heteroatoms. The molecule has 0 aliphatic carbocycles. The van der Waals surface area contributed by atoms with Gasteiger partial charge >= 0.3 is 0 Å². The molecule has 12 aromatic rings. The summed E-state index contributed by atoms with van der Waals surface area (Å²) in [5.74, 6) is 1.82. The Balaban J connectivity index is 1.06. The molecular formula is C51H30N4OS. The van der Waals surface area contributed by atoms with Crippen molar-refractivity contribution in [2.24, 2.45) is 0 Å². The number of thiophene rings is 1. The van der Waals surface area contributed by atoms with Crippen LogP contribution in [0.5, 0.6) is 0 Å². The fourth-order valence-electron chi connectivity index (χ4n) is 8.36. The molecule has 0 spiro atoms. The van der Waals surface area contributed by atoms with Crippen molar-refractivity contribution in [3.8, 4) is 51.0 Å². The summed E-state index contributed by atoms with van der Waals surface area (Å²) in [6, 6.07) is 63.7. The van der Waals surface area contributed by atoms with Gasteiger partial charge in [0, 0.05) is 64.1 Å². The molecule has 8 aromatic carbocycles. The van der Waals surface area contributed by atoms with Crippen molar-refractivity contribution >= 4 is 75.3 Å². The Kier molecular flexibility index (Phi) is 7.03. The van der Waals surface area contributed by atoms with Gasteiger partial charge < -0.3 is 8.98 Å². The maximum atomic E-state index is 6.90. The Morgan fingerprint density at radius 2 is 0.965 bits per heavy atom. The third-order valence-corrected chi connectivity index (χ3v) is 12.2. The van der Waals surface area contributed by atoms with Crippen LogP contribution in [-0.4, -0.2) is 19.5 Å². The summed E-state index contributed by atoms with van der Waals surface area (Å²) in [6.45, 7) is 0. The highest BCUT2D eigenvalue weighted by molar-refractivity contribution is 7.25. The molecule has 0 unspecified atom stereocenters. The van der Waals surface area contributed by atoms with Gasteiger partial charge in [0.2, 0.25) is 0 Å². The summed E-state index contributed by atoms with van der Waals surface area (Å²) < 4.78 is 11.7. The number of fused-ring (bicyclic) bond motifs is 10. The van der Waals surface area contributed by atoms with Crippen LogP contribution in [0.25, 0.3) is 115 Å². The van der Waals surface area contributed by atoms with Crippen LogP contribution >= 0.6 is 11.3 Å². The largest absolute Gasteiger partial charge is 0.454 e. The summed E-state index contributed by atoms with van der Waals surface area (Å²) in [7, 11) is 0. The van der Waals surface area contributed by atoms with Crippen LogP contribution in [0, 0.1) is 0 Å². The number of furan rings is 1. The molecule has 4 aromatic heterocycles. The van der Waals surface area contributed by atoms with Gasteiger partial charge in [-0.1, -0.05) is 127 Å². The summed E-state index contributed by atoms with van der Waals surface area (Å²) in [4.78, 5) is 15.5. The van der Waals surface area contributed by atoms with Gasteiger partial charge in [-0.25, -0.2) is 15.0 Å². The van der Waals surface area contributed by atoms with Crippen LogP contribution in [0.2, 0.25) is 0 Å². The van der Waals surface area contributed by atoms with Crippen molar-refractivity contribution in [1.29, 1.82) is 0 Å². The first-order valence-electron chi connectivity index (χ1n) is 19.0. The lowest BCUT2D eigenvalue weighted by Crippen LogP contribution is -2.00. The van der Waals surface area contributed by atoms with Gasteiger partial charge in [-0.3, -0.25) is 0 Å². The Labute approximate surface area is 330 Å². The second-order valence-corrected chi connectivity index (χ2v) is 15.5. The number of benzene rings is 8. The van der Waals surface area contributed by atoms with Gasteiger partial charge in [0.1, 0.15) is 5.58 Å². The standard InChI is InChI=1S/C51H30N4OS/c1-3-12-31(13-4-1)32-14-11-15-33(28-32)49-52-50(54-51(53-49)35-23-25-40-39-19-8-10-21-45(39)57-46(40)30-35)34-22-24-38-42-27-26-41-37-18-7-9-20-43(37)55(36-16-5-2-6-17-36)47(41)48(42)56-44(38)29-34/h1-30H. The van der Waals surface area contributed by atoms with E-state index in [2.05, 4.69) is 180 Å². The molecule has 0 N–H and O–H groups in total. The van der Waals surface area contributed by atoms with E-state index < -0.39 is 0 Å². The van der Waals surface area contributed by atoms with Gasteiger partial charge in [-0.05, 0) is 65.7 Å². The topological polar surface area (TPSA) is 56.7 Å². The number of para-hydroxylation sites is 2. The van der Waals surface area contributed by atoms with Crippen LogP contribution in [0.4, 0.5) is 0 Å². The van der Waals surface area contributed by atoms with E-state index in [1.54, 1.807) is 11.3 Å². The summed E-state index contributed by atoms with van der Waals surface area (Å²) >= 11 is 1.79. The predicted octanol–water partition coefficient (Wildman–Crippen LogP) is 13.9. The second kappa shape index (κ2) is 12.6. The normalized spacial score (nSPS) is 11.9. The van der Waals surface area contributed by atoms with Gasteiger partial charge in [0.15, 0.2) is 23.1 Å². The molecule has 0 radical (unpaired) electrons. The molecule has 0 aliphatic rings. The Bertz CT molecular complexity index is 3530. The molecule has 0 amide bonds. The van der Waals surface area contributed by atoms with Crippen LogP contribution < -0.4 is 0 Å². The maximum absolute atomic E-state index is 6.90. The van der Waals surface area contributed by atoms with E-state index in [-0.39, 0.29) is 0 Å². The van der Waals surface area contributed by atoms with E-state index >= 15 is 0 Å². The number of hydrogen-bond donors (Lipinski definition) is 0. The van der Waals surface area contributed by atoms with Crippen molar-refractivity contribution in [2.75, 3.05) is 0 Å². The minimum Gasteiger partial charge on any atom is -0.454 e. The molecule has 4 heterocycles. The first kappa shape index (κ1) is 31.9. The average molecular weight is 747 g/mol. The molecule has 0 aliphatic heterocycles. The zero-order chi connectivity index (χ0) is 37.5. The van der Waals surface area contributed by atoms with Gasteiger partial charge in [-0.15, -0.1) is 11.3 Å². The van der Waals surface area contributed by atoms with Crippen molar-refractivity contribution in [2.45, 2.75) is 0 Å². The second-order valence-electron chi connectivity index (χ2n) is 14.4. The molecule has 5 nitrogen and oxygen atoms in total. The lowest BCUT2D eigenvalue weighted by atomic mass is 10.0. The molecule has 0 bridgehead atoms. The van der Waals surface area contributed by atoms with Crippen LogP contribution in [0.1, 0.15) is 0 Å². The van der Waals surface area contributed by atoms with Crippen molar-refractivity contribution in [3.05, 3.63) is 182 Å². The molecule has 12 rings (SSSR count). The third kappa shape index (κ3) is 5.12. The van der Waals surface area contributed by atoms with Gasteiger partial charge in [0.05, 0.1) is 11.0 Å². The predicted molar refractivity (Wildman–Crippen MR) is 236 cm³/mol. The van der Waals surface area contributed by atoms with Gasteiger partial charge in [0.25, 0.3) is 0 Å². The molecule has 0 saturated heterocycles. The molecule has 57 heavy (non-hydrogen) atoms. The highest BCUT2D eigenvalue weighted by Crippen LogP contribution is 2.42. The van der Waals surface area contributed by atoms with E-state index in [9.17, 15) is 0 Å². The van der Waals surface area contributed by atoms with E-state index in [0.29, 0.717) is 17.5 Å². The molecule has 266 valence electrons. The molecular weight excluding hydrogens is 717 g/mol. The maximum Gasteiger partial charge on any atom is 0.164 e. The fraction of sp³-hybridized carbons (Fsp3) is 0. The summed E-state index contributed by atoms with van der Waals surface area (Å²) in [6.07, 6.45) is 0. The highest BCUT2D eigenvalue weighted by Gasteiger charge is 2.20. The average Bonchev–Trinajstić information content (AvgIpc) is 3.96. The minimum atomic E-state index is 0.586. The number of aromatic nitrogens is 4. The van der Waals surface area contributed by atoms with E-state index in [4.69, 9.17) is 19.4 Å². The first-order chi connectivity index (χ1) is 28.2. The zero-order valence-electron chi connectivity index (χ0n) is 30.4. The third-order valence-electron chi connectivity index (χ3n) is 11.0. The Morgan fingerprint density at radius 3 is 1.77 bits per heavy atom. The van der Waals surface area contributed by atoms with Crippen LogP contribution in [0.3, 0.4) is 0 Å². The number of hydrogen-bond acceptors (Lipinski definition) is 5. The Morgan fingerprint density at radius 1 is 0.386 bits per heavy atom. The molecule has 0 saturated carbocycles. The smallest absolute Gasteiger partial charge is 0.164 e.